The van der Waals surface area contributed by atoms with Gasteiger partial charge in [0, 0.05) is 6.54 Å². The largest absolute Gasteiger partial charge is 1.00 e. The molecular formula is C5H10KNO3. The van der Waals surface area contributed by atoms with Crippen LogP contribution < -0.4 is 61.8 Å². The first-order valence-corrected chi connectivity index (χ1v) is 2.59. The van der Waals surface area contributed by atoms with Gasteiger partial charge in [-0.05, 0) is 13.8 Å². The Morgan fingerprint density at radius 3 is 2.20 bits per heavy atom. The van der Waals surface area contributed by atoms with Crippen LogP contribution in [0.3, 0.4) is 0 Å². The normalized spacial score (nSPS) is 9.90. The maximum Gasteiger partial charge on any atom is 1.00 e. The third kappa shape index (κ3) is 11.6. The molecule has 2 N–H and O–H groups in total. The number of rotatable bonds is 2. The van der Waals surface area contributed by atoms with Crippen molar-refractivity contribution < 1.29 is 66.4 Å². The SMILES string of the molecule is CC(C)(O)CNC(=O)[O-].[K+]. The number of aliphatic hydroxyl groups is 1. The Morgan fingerprint density at radius 2 is 2.10 bits per heavy atom. The first-order chi connectivity index (χ1) is 3.92. The second-order valence-electron chi connectivity index (χ2n) is 2.45. The average molecular weight is 171 g/mol. The maximum atomic E-state index is 9.71. The number of nitrogens with one attached hydrogen (secondary N) is 1. The Morgan fingerprint density at radius 1 is 1.70 bits per heavy atom. The molecule has 0 spiro atoms. The summed E-state index contributed by atoms with van der Waals surface area (Å²) in [7, 11) is 0. The summed E-state index contributed by atoms with van der Waals surface area (Å²) < 4.78 is 0. The summed E-state index contributed by atoms with van der Waals surface area (Å²) in [6.45, 7) is 3.00. The van der Waals surface area contributed by atoms with Crippen LogP contribution in [0.2, 0.25) is 0 Å². The van der Waals surface area contributed by atoms with Crippen molar-refractivity contribution in [2.24, 2.45) is 0 Å². The van der Waals surface area contributed by atoms with E-state index in [1.54, 1.807) is 0 Å². The minimum atomic E-state index is -1.36. The van der Waals surface area contributed by atoms with Crippen molar-refractivity contribution in [1.82, 2.24) is 5.32 Å². The molecule has 0 atom stereocenters. The minimum Gasteiger partial charge on any atom is -0.530 e. The zero-order valence-corrected chi connectivity index (χ0v) is 9.59. The summed E-state index contributed by atoms with van der Waals surface area (Å²) in [5, 5.41) is 20.6. The van der Waals surface area contributed by atoms with Crippen LogP contribution >= 0.6 is 0 Å². The zero-order chi connectivity index (χ0) is 7.49. The molecule has 0 saturated carbocycles. The molecule has 0 radical (unpaired) electrons. The maximum absolute atomic E-state index is 9.71. The van der Waals surface area contributed by atoms with E-state index in [4.69, 9.17) is 5.11 Å². The Labute approximate surface area is 102 Å². The number of hydrogen-bond acceptors (Lipinski definition) is 3. The van der Waals surface area contributed by atoms with Gasteiger partial charge >= 0.3 is 51.4 Å². The molecule has 5 heteroatoms. The van der Waals surface area contributed by atoms with Gasteiger partial charge in [-0.2, -0.15) is 0 Å². The fourth-order valence-electron chi connectivity index (χ4n) is 0.288. The molecule has 0 aromatic heterocycles. The Bertz CT molecular complexity index is 110. The van der Waals surface area contributed by atoms with Crippen LogP contribution in [-0.4, -0.2) is 23.3 Å². The van der Waals surface area contributed by atoms with Crippen molar-refractivity contribution in [2.45, 2.75) is 19.4 Å². The van der Waals surface area contributed by atoms with Gasteiger partial charge in [-0.15, -0.1) is 0 Å². The number of carbonyl (C=O) groups excluding carboxylic acids is 1. The molecule has 0 aliphatic rings. The molecule has 0 aromatic carbocycles. The molecule has 10 heavy (non-hydrogen) atoms. The van der Waals surface area contributed by atoms with Crippen LogP contribution in [0.5, 0.6) is 0 Å². The topological polar surface area (TPSA) is 72.4 Å². The van der Waals surface area contributed by atoms with Gasteiger partial charge < -0.3 is 20.3 Å². The summed E-state index contributed by atoms with van der Waals surface area (Å²) in [6, 6.07) is 0. The predicted molar refractivity (Wildman–Crippen MR) is 29.7 cm³/mol. The fraction of sp³-hybridized carbons (Fsp3) is 0.800. The molecule has 0 aromatic rings. The molecule has 0 heterocycles. The molecule has 0 bridgehead atoms. The molecule has 0 aliphatic heterocycles. The Kier molecular flexibility index (Phi) is 7.41. The van der Waals surface area contributed by atoms with E-state index in [0.29, 0.717) is 0 Å². The van der Waals surface area contributed by atoms with E-state index in [0.717, 1.165) is 0 Å². The summed E-state index contributed by atoms with van der Waals surface area (Å²) >= 11 is 0. The predicted octanol–water partition coefficient (Wildman–Crippen LogP) is -4.31. The van der Waals surface area contributed by atoms with Crippen LogP contribution in [0.1, 0.15) is 13.8 Å². The molecule has 0 saturated heterocycles. The van der Waals surface area contributed by atoms with E-state index in [2.05, 4.69) is 0 Å². The molecule has 54 valence electrons. The summed E-state index contributed by atoms with van der Waals surface area (Å²) in [4.78, 5) is 9.71. The van der Waals surface area contributed by atoms with Crippen molar-refractivity contribution in [3.63, 3.8) is 0 Å². The Balaban J connectivity index is 0. The monoisotopic (exact) mass is 171 g/mol. The van der Waals surface area contributed by atoms with Gasteiger partial charge in [-0.3, -0.25) is 0 Å². The number of carboxylic acid groups (broad SMARTS) is 1. The van der Waals surface area contributed by atoms with E-state index in [-0.39, 0.29) is 57.9 Å². The molecule has 0 rings (SSSR count). The third-order valence-electron chi connectivity index (χ3n) is 0.665. The summed E-state index contributed by atoms with van der Waals surface area (Å²) in [6.07, 6.45) is -1.36. The van der Waals surface area contributed by atoms with E-state index in [1.165, 1.54) is 13.8 Å². The van der Waals surface area contributed by atoms with Gasteiger partial charge in [0.15, 0.2) is 0 Å². The Hall–Kier alpha value is 0.866. The average Bonchev–Trinajstić information content (AvgIpc) is 1.59. The molecule has 0 aliphatic carbocycles. The van der Waals surface area contributed by atoms with Gasteiger partial charge in [0.2, 0.25) is 0 Å². The summed E-state index contributed by atoms with van der Waals surface area (Å²) in [5.41, 5.74) is -1.000. The zero-order valence-electron chi connectivity index (χ0n) is 6.47. The molecule has 0 fully saturated rings. The van der Waals surface area contributed by atoms with Gasteiger partial charge in [-0.1, -0.05) is 0 Å². The quantitative estimate of drug-likeness (QED) is 0.413. The van der Waals surface area contributed by atoms with Crippen molar-refractivity contribution in [3.05, 3.63) is 0 Å². The summed E-state index contributed by atoms with van der Waals surface area (Å²) in [5.74, 6) is 0. The third-order valence-corrected chi connectivity index (χ3v) is 0.665. The smallest absolute Gasteiger partial charge is 0.530 e. The van der Waals surface area contributed by atoms with Crippen LogP contribution in [-0.2, 0) is 0 Å². The van der Waals surface area contributed by atoms with Crippen molar-refractivity contribution in [1.29, 1.82) is 0 Å². The van der Waals surface area contributed by atoms with Crippen molar-refractivity contribution in [2.75, 3.05) is 6.54 Å². The van der Waals surface area contributed by atoms with E-state index in [1.807, 2.05) is 5.32 Å². The van der Waals surface area contributed by atoms with Gasteiger partial charge in [0.25, 0.3) is 0 Å². The van der Waals surface area contributed by atoms with E-state index in [9.17, 15) is 9.90 Å². The van der Waals surface area contributed by atoms with Gasteiger partial charge in [-0.25, -0.2) is 0 Å². The van der Waals surface area contributed by atoms with Crippen LogP contribution in [0.25, 0.3) is 0 Å². The number of carbonyl (C=O) groups is 1. The second-order valence-corrected chi connectivity index (χ2v) is 2.45. The molecule has 4 nitrogen and oxygen atoms in total. The van der Waals surface area contributed by atoms with E-state index >= 15 is 0 Å². The first-order valence-electron chi connectivity index (χ1n) is 2.59. The van der Waals surface area contributed by atoms with Crippen LogP contribution in [0.15, 0.2) is 0 Å². The minimum absolute atomic E-state index is 0. The van der Waals surface area contributed by atoms with Crippen molar-refractivity contribution >= 4 is 6.09 Å². The number of hydrogen-bond donors (Lipinski definition) is 2. The van der Waals surface area contributed by atoms with Crippen LogP contribution in [0, 0.1) is 0 Å². The first kappa shape index (κ1) is 13.5. The van der Waals surface area contributed by atoms with E-state index < -0.39 is 11.7 Å². The van der Waals surface area contributed by atoms with Crippen LogP contribution in [0.4, 0.5) is 4.79 Å². The molecule has 1 amide bonds. The van der Waals surface area contributed by atoms with Gasteiger partial charge in [0.1, 0.15) is 6.09 Å². The van der Waals surface area contributed by atoms with Crippen molar-refractivity contribution in [3.8, 4) is 0 Å². The number of amides is 1. The van der Waals surface area contributed by atoms with Gasteiger partial charge in [0.05, 0.1) is 5.60 Å². The second kappa shape index (κ2) is 5.51. The standard InChI is InChI=1S/C5H11NO3.K/c1-5(2,9)3-6-4(7)8;/h6,9H,3H2,1-2H3,(H,7,8);/q;+1/p-1. The molecule has 0 unspecified atom stereocenters. The molecular weight excluding hydrogens is 161 g/mol. The fourth-order valence-corrected chi connectivity index (χ4v) is 0.288.